The Balaban J connectivity index is 3.07. The second-order valence-electron chi connectivity index (χ2n) is 2.86. The van der Waals surface area contributed by atoms with Crippen molar-refractivity contribution in [3.63, 3.8) is 0 Å². The monoisotopic (exact) mass is 210 g/mol. The Bertz CT molecular complexity index is 652. The number of H-pyrrole nitrogens is 1. The molecular formula is C9H4F2N2O2. The Morgan fingerprint density at radius 2 is 1.93 bits per heavy atom. The maximum Gasteiger partial charge on any atom is 0.297 e. The lowest BCUT2D eigenvalue weighted by Gasteiger charge is -1.93. The van der Waals surface area contributed by atoms with E-state index in [-0.39, 0.29) is 11.0 Å². The van der Waals surface area contributed by atoms with Crippen LogP contribution in [0.15, 0.2) is 27.9 Å². The minimum Gasteiger partial charge on any atom is -0.317 e. The lowest BCUT2D eigenvalue weighted by Crippen LogP contribution is -2.22. The van der Waals surface area contributed by atoms with Gasteiger partial charge in [0.05, 0.1) is 11.7 Å². The van der Waals surface area contributed by atoms with Crippen LogP contribution in [0.1, 0.15) is 0 Å². The summed E-state index contributed by atoms with van der Waals surface area (Å²) < 4.78 is 25.9. The van der Waals surface area contributed by atoms with Crippen molar-refractivity contribution in [1.82, 2.24) is 9.97 Å². The van der Waals surface area contributed by atoms with Gasteiger partial charge in [-0.1, -0.05) is 0 Å². The average molecular weight is 210 g/mol. The molecule has 0 unspecified atom stereocenters. The van der Waals surface area contributed by atoms with E-state index >= 15 is 0 Å². The molecule has 2 rings (SSSR count). The van der Waals surface area contributed by atoms with Crippen LogP contribution in [0.4, 0.5) is 8.78 Å². The Hall–Kier alpha value is -2.11. The van der Waals surface area contributed by atoms with Crippen LogP contribution in [0.25, 0.3) is 11.0 Å². The smallest absolute Gasteiger partial charge is 0.297 e. The second-order valence-corrected chi connectivity index (χ2v) is 2.86. The van der Waals surface area contributed by atoms with Gasteiger partial charge in [0.15, 0.2) is 5.82 Å². The fourth-order valence-corrected chi connectivity index (χ4v) is 1.16. The van der Waals surface area contributed by atoms with Gasteiger partial charge in [0, 0.05) is 6.07 Å². The Kier molecular flexibility index (Phi) is 2.03. The number of aromatic nitrogens is 2. The zero-order valence-electron chi connectivity index (χ0n) is 7.25. The first-order valence-electron chi connectivity index (χ1n) is 3.96. The first-order valence-corrected chi connectivity index (χ1v) is 3.96. The molecule has 4 nitrogen and oxygen atoms in total. The number of hydrogen-bond donors (Lipinski definition) is 1. The molecule has 6 heteroatoms. The lowest BCUT2D eigenvalue weighted by molar-refractivity contribution is 0.590. The molecule has 0 aliphatic carbocycles. The third kappa shape index (κ3) is 1.61. The van der Waals surface area contributed by atoms with Gasteiger partial charge in [0.25, 0.3) is 11.0 Å². The van der Waals surface area contributed by atoms with Crippen molar-refractivity contribution in [3.05, 3.63) is 50.5 Å². The number of nitrogens with one attached hydrogen (secondary N) is 1. The molecule has 0 fully saturated rings. The minimum atomic E-state index is -0.970. The highest BCUT2D eigenvalue weighted by Crippen LogP contribution is 2.12. The van der Waals surface area contributed by atoms with E-state index in [2.05, 4.69) is 9.97 Å². The van der Waals surface area contributed by atoms with E-state index in [1.54, 1.807) is 0 Å². The number of aromatic amines is 1. The van der Waals surface area contributed by atoms with Gasteiger partial charge in [0.1, 0.15) is 11.3 Å². The molecule has 1 aromatic carbocycles. The van der Waals surface area contributed by atoms with Gasteiger partial charge in [-0.3, -0.25) is 9.59 Å². The summed E-state index contributed by atoms with van der Waals surface area (Å²) in [6, 6.07) is 1.52. The maximum absolute atomic E-state index is 13.2. The fraction of sp³-hybridized carbons (Fsp3) is 0. The minimum absolute atomic E-state index is 0.153. The molecule has 1 heterocycles. The number of halogens is 2. The van der Waals surface area contributed by atoms with Crippen molar-refractivity contribution in [3.8, 4) is 0 Å². The summed E-state index contributed by atoms with van der Waals surface area (Å²) in [7, 11) is 0. The molecule has 0 saturated carbocycles. The van der Waals surface area contributed by atoms with Gasteiger partial charge in [-0.25, -0.2) is 13.8 Å². The highest BCUT2D eigenvalue weighted by atomic mass is 19.1. The maximum atomic E-state index is 13.2. The average Bonchev–Trinajstić information content (AvgIpc) is 2.27. The summed E-state index contributed by atoms with van der Waals surface area (Å²) in [4.78, 5) is 27.4. The van der Waals surface area contributed by atoms with Crippen molar-refractivity contribution in [2.75, 3.05) is 0 Å². The standard InChI is InChI=1S/C9H4F2N2O2/c10-4-1-5(11)8-6(2-4)13-9(15)7(14)3-12-8/h1-3H,(H,13,14,15). The van der Waals surface area contributed by atoms with E-state index in [9.17, 15) is 18.4 Å². The van der Waals surface area contributed by atoms with Crippen LogP contribution in [-0.2, 0) is 0 Å². The van der Waals surface area contributed by atoms with E-state index in [1.807, 2.05) is 0 Å². The predicted molar refractivity (Wildman–Crippen MR) is 48.5 cm³/mol. The predicted octanol–water partition coefficient (Wildman–Crippen LogP) is 0.561. The fourth-order valence-electron chi connectivity index (χ4n) is 1.16. The van der Waals surface area contributed by atoms with E-state index in [0.29, 0.717) is 12.3 Å². The summed E-state index contributed by atoms with van der Waals surface area (Å²) in [6.45, 7) is 0. The third-order valence-electron chi connectivity index (χ3n) is 1.81. The number of rotatable bonds is 0. The molecule has 1 N–H and O–H groups in total. The molecule has 0 aliphatic rings. The van der Waals surface area contributed by atoms with Crippen LogP contribution in [0, 0.1) is 11.6 Å². The summed E-state index contributed by atoms with van der Waals surface area (Å²) in [6.07, 6.45) is 0.697. The molecule has 15 heavy (non-hydrogen) atoms. The highest BCUT2D eigenvalue weighted by molar-refractivity contribution is 5.73. The first-order chi connectivity index (χ1) is 7.08. The van der Waals surface area contributed by atoms with Crippen LogP contribution in [-0.4, -0.2) is 9.97 Å². The van der Waals surface area contributed by atoms with Crippen molar-refractivity contribution in [2.45, 2.75) is 0 Å². The van der Waals surface area contributed by atoms with E-state index in [0.717, 1.165) is 6.07 Å². The van der Waals surface area contributed by atoms with Crippen LogP contribution < -0.4 is 11.0 Å². The van der Waals surface area contributed by atoms with Crippen LogP contribution in [0.3, 0.4) is 0 Å². The molecule has 0 radical (unpaired) electrons. The lowest BCUT2D eigenvalue weighted by atomic mass is 10.3. The molecule has 76 valence electrons. The van der Waals surface area contributed by atoms with E-state index < -0.39 is 22.6 Å². The van der Waals surface area contributed by atoms with E-state index in [1.165, 1.54) is 0 Å². The van der Waals surface area contributed by atoms with Crippen molar-refractivity contribution >= 4 is 11.0 Å². The number of nitrogens with zero attached hydrogens (tertiary/aromatic N) is 1. The largest absolute Gasteiger partial charge is 0.317 e. The van der Waals surface area contributed by atoms with Crippen LogP contribution >= 0.6 is 0 Å². The number of benzene rings is 1. The normalized spacial score (nSPS) is 10.5. The summed E-state index contributed by atoms with van der Waals surface area (Å²) in [5, 5.41) is 0. The molecule has 0 amide bonds. The first kappa shape index (κ1) is 9.45. The molecule has 0 bridgehead atoms. The van der Waals surface area contributed by atoms with Crippen molar-refractivity contribution < 1.29 is 8.78 Å². The quantitative estimate of drug-likeness (QED) is 0.646. The molecule has 0 aliphatic heterocycles. The molecule has 0 spiro atoms. The number of hydrogen-bond acceptors (Lipinski definition) is 3. The third-order valence-corrected chi connectivity index (χ3v) is 1.81. The molecule has 0 atom stereocenters. The van der Waals surface area contributed by atoms with E-state index in [4.69, 9.17) is 0 Å². The van der Waals surface area contributed by atoms with Crippen LogP contribution in [0.5, 0.6) is 0 Å². The summed E-state index contributed by atoms with van der Waals surface area (Å²) >= 11 is 0. The Morgan fingerprint density at radius 1 is 1.20 bits per heavy atom. The molecular weight excluding hydrogens is 206 g/mol. The van der Waals surface area contributed by atoms with Gasteiger partial charge < -0.3 is 4.98 Å². The zero-order chi connectivity index (χ0) is 11.0. The molecule has 1 aromatic heterocycles. The molecule has 0 saturated heterocycles. The summed E-state index contributed by atoms with van der Waals surface area (Å²) in [5.41, 5.74) is -2.29. The SMILES string of the molecule is O=c1cnc2c(F)cc(F)cc2[nH]c1=O. The summed E-state index contributed by atoms with van der Waals surface area (Å²) in [5.74, 6) is -1.78. The van der Waals surface area contributed by atoms with Gasteiger partial charge in [0.2, 0.25) is 0 Å². The van der Waals surface area contributed by atoms with Crippen LogP contribution in [0.2, 0.25) is 0 Å². The second kappa shape index (κ2) is 3.23. The molecule has 2 aromatic rings. The van der Waals surface area contributed by atoms with Crippen molar-refractivity contribution in [2.24, 2.45) is 0 Å². The van der Waals surface area contributed by atoms with Gasteiger partial charge in [-0.15, -0.1) is 0 Å². The Morgan fingerprint density at radius 3 is 2.67 bits per heavy atom. The van der Waals surface area contributed by atoms with Gasteiger partial charge in [-0.2, -0.15) is 0 Å². The topological polar surface area (TPSA) is 62.8 Å². The number of fused-ring (bicyclic) bond motifs is 1. The van der Waals surface area contributed by atoms with Crippen molar-refractivity contribution in [1.29, 1.82) is 0 Å². The zero-order valence-corrected chi connectivity index (χ0v) is 7.25. The van der Waals surface area contributed by atoms with Gasteiger partial charge in [-0.05, 0) is 6.07 Å². The van der Waals surface area contributed by atoms with Gasteiger partial charge >= 0.3 is 0 Å². The highest BCUT2D eigenvalue weighted by Gasteiger charge is 2.05. The Labute approximate surface area is 81.2 Å².